The van der Waals surface area contributed by atoms with Crippen LogP contribution in [0.15, 0.2) is 33.7 Å². The fourth-order valence-electron chi connectivity index (χ4n) is 2.15. The van der Waals surface area contributed by atoms with Gasteiger partial charge in [0.05, 0.1) is 12.2 Å². The molecule has 7 nitrogen and oxygen atoms in total. The molecule has 2 aromatic rings. The number of hydrogen-bond acceptors (Lipinski definition) is 4. The zero-order chi connectivity index (χ0) is 17.5. The Hall–Kier alpha value is -2.83. The number of oxazole rings is 1. The maximum Gasteiger partial charge on any atom is 0.251 e. The van der Waals surface area contributed by atoms with Crippen molar-refractivity contribution in [3.63, 3.8) is 0 Å². The van der Waals surface area contributed by atoms with Crippen LogP contribution in [0.2, 0.25) is 0 Å². The predicted molar refractivity (Wildman–Crippen MR) is 92.8 cm³/mol. The summed E-state index contributed by atoms with van der Waals surface area (Å²) in [5.74, 6) is 1.97. The van der Waals surface area contributed by atoms with Gasteiger partial charge in [-0.3, -0.25) is 9.79 Å². The number of aryl methyl sites for hydroxylation is 2. The van der Waals surface area contributed by atoms with Gasteiger partial charge in [-0.25, -0.2) is 4.98 Å². The molecule has 0 unspecified atom stereocenters. The van der Waals surface area contributed by atoms with Crippen LogP contribution in [-0.2, 0) is 13.1 Å². The van der Waals surface area contributed by atoms with Gasteiger partial charge >= 0.3 is 0 Å². The molecule has 7 heteroatoms. The Morgan fingerprint density at radius 2 is 2.00 bits per heavy atom. The van der Waals surface area contributed by atoms with Crippen molar-refractivity contribution in [3.05, 3.63) is 52.7 Å². The molecule has 2 rings (SSSR count). The topological polar surface area (TPSA) is 91.5 Å². The lowest BCUT2D eigenvalue weighted by Crippen LogP contribution is -2.36. The number of carbonyl (C=O) groups is 1. The molecule has 0 fully saturated rings. The van der Waals surface area contributed by atoms with Gasteiger partial charge in [0.2, 0.25) is 5.89 Å². The van der Waals surface area contributed by atoms with E-state index in [4.69, 9.17) is 4.42 Å². The Balaban J connectivity index is 1.90. The fourth-order valence-corrected chi connectivity index (χ4v) is 2.15. The Morgan fingerprint density at radius 1 is 1.25 bits per heavy atom. The summed E-state index contributed by atoms with van der Waals surface area (Å²) in [6, 6.07) is 7.44. The van der Waals surface area contributed by atoms with E-state index >= 15 is 0 Å². The van der Waals surface area contributed by atoms with Gasteiger partial charge in [-0.1, -0.05) is 12.1 Å². The van der Waals surface area contributed by atoms with Gasteiger partial charge in [0.1, 0.15) is 5.76 Å². The molecule has 0 saturated heterocycles. The monoisotopic (exact) mass is 329 g/mol. The van der Waals surface area contributed by atoms with Gasteiger partial charge in [0.25, 0.3) is 5.91 Å². The number of amides is 1. The number of aromatic nitrogens is 1. The molecule has 3 N–H and O–H groups in total. The molecule has 0 bridgehead atoms. The lowest BCUT2D eigenvalue weighted by atomic mass is 10.1. The van der Waals surface area contributed by atoms with E-state index < -0.39 is 0 Å². The van der Waals surface area contributed by atoms with Crippen LogP contribution in [-0.4, -0.2) is 30.9 Å². The average Bonchev–Trinajstić information content (AvgIpc) is 2.92. The normalized spacial score (nSPS) is 11.2. The highest BCUT2D eigenvalue weighted by molar-refractivity contribution is 5.94. The number of hydrogen-bond donors (Lipinski definition) is 3. The SMILES string of the molecule is CN=C(NCc1cccc(C(=O)NC)c1)NCc1nc(C)c(C)o1. The standard InChI is InChI=1S/C17H23N5O2/c1-11-12(2)24-15(22-11)10-21-17(19-4)20-9-13-6-5-7-14(8-13)16(23)18-3/h5-8H,9-10H2,1-4H3,(H,18,23)(H2,19,20,21). The maximum atomic E-state index is 11.7. The van der Waals surface area contributed by atoms with Crippen molar-refractivity contribution in [1.82, 2.24) is 20.9 Å². The molecule has 0 saturated carbocycles. The minimum atomic E-state index is -0.103. The quantitative estimate of drug-likeness (QED) is 0.571. The summed E-state index contributed by atoms with van der Waals surface area (Å²) >= 11 is 0. The second kappa shape index (κ2) is 8.14. The number of carbonyl (C=O) groups excluding carboxylic acids is 1. The first kappa shape index (κ1) is 17.5. The number of nitrogens with one attached hydrogen (secondary N) is 3. The van der Waals surface area contributed by atoms with E-state index in [1.54, 1.807) is 20.2 Å². The molecule has 1 heterocycles. The first-order valence-corrected chi connectivity index (χ1v) is 7.72. The second-order valence-corrected chi connectivity index (χ2v) is 5.31. The number of rotatable bonds is 5. The third-order valence-electron chi connectivity index (χ3n) is 3.58. The van der Waals surface area contributed by atoms with E-state index in [-0.39, 0.29) is 5.91 Å². The van der Waals surface area contributed by atoms with Gasteiger partial charge < -0.3 is 20.4 Å². The Kier molecular flexibility index (Phi) is 5.95. The zero-order valence-corrected chi connectivity index (χ0v) is 14.4. The maximum absolute atomic E-state index is 11.7. The lowest BCUT2D eigenvalue weighted by Gasteiger charge is -2.11. The summed E-state index contributed by atoms with van der Waals surface area (Å²) in [6.45, 7) is 4.80. The highest BCUT2D eigenvalue weighted by atomic mass is 16.4. The van der Waals surface area contributed by atoms with Crippen LogP contribution in [0.4, 0.5) is 0 Å². The molecular weight excluding hydrogens is 306 g/mol. The first-order valence-electron chi connectivity index (χ1n) is 7.72. The Bertz CT molecular complexity index is 717. The van der Waals surface area contributed by atoms with Crippen LogP contribution in [0.1, 0.15) is 33.3 Å². The van der Waals surface area contributed by atoms with Crippen LogP contribution in [0, 0.1) is 13.8 Å². The molecule has 0 atom stereocenters. The average molecular weight is 329 g/mol. The van der Waals surface area contributed by atoms with Crippen molar-refractivity contribution in [2.24, 2.45) is 4.99 Å². The highest BCUT2D eigenvalue weighted by Gasteiger charge is 2.07. The third-order valence-corrected chi connectivity index (χ3v) is 3.58. The van der Waals surface area contributed by atoms with Crippen LogP contribution >= 0.6 is 0 Å². The molecule has 1 aromatic heterocycles. The van der Waals surface area contributed by atoms with Crippen LogP contribution < -0.4 is 16.0 Å². The van der Waals surface area contributed by atoms with E-state index in [1.165, 1.54) is 0 Å². The molecular formula is C17H23N5O2. The second-order valence-electron chi connectivity index (χ2n) is 5.31. The molecule has 0 spiro atoms. The van der Waals surface area contributed by atoms with Crippen LogP contribution in [0.25, 0.3) is 0 Å². The Morgan fingerprint density at radius 3 is 2.62 bits per heavy atom. The van der Waals surface area contributed by atoms with Gasteiger partial charge in [-0.05, 0) is 31.5 Å². The van der Waals surface area contributed by atoms with Gasteiger partial charge in [-0.2, -0.15) is 0 Å². The van der Waals surface area contributed by atoms with Gasteiger partial charge in [0, 0.05) is 26.2 Å². The van der Waals surface area contributed by atoms with Gasteiger partial charge in [-0.15, -0.1) is 0 Å². The number of aliphatic imine (C=N–C) groups is 1. The smallest absolute Gasteiger partial charge is 0.251 e. The molecule has 128 valence electrons. The summed E-state index contributed by atoms with van der Waals surface area (Å²) in [5, 5.41) is 8.96. The summed E-state index contributed by atoms with van der Waals surface area (Å²) in [4.78, 5) is 20.1. The molecule has 1 amide bonds. The number of guanidine groups is 1. The number of benzene rings is 1. The minimum Gasteiger partial charge on any atom is -0.444 e. The first-order chi connectivity index (χ1) is 11.5. The largest absolute Gasteiger partial charge is 0.444 e. The van der Waals surface area contributed by atoms with Crippen molar-refractivity contribution in [2.75, 3.05) is 14.1 Å². The molecule has 0 radical (unpaired) electrons. The van der Waals surface area contributed by atoms with Crippen LogP contribution in [0.5, 0.6) is 0 Å². The summed E-state index contributed by atoms with van der Waals surface area (Å²) in [7, 11) is 3.31. The van der Waals surface area contributed by atoms with Crippen molar-refractivity contribution < 1.29 is 9.21 Å². The molecule has 0 aliphatic carbocycles. The molecule has 0 aliphatic rings. The summed E-state index contributed by atoms with van der Waals surface area (Å²) < 4.78 is 5.53. The predicted octanol–water partition coefficient (Wildman–Crippen LogP) is 1.52. The van der Waals surface area contributed by atoms with E-state index in [1.807, 2.05) is 32.0 Å². The van der Waals surface area contributed by atoms with E-state index in [9.17, 15) is 4.79 Å². The fraction of sp³-hybridized carbons (Fsp3) is 0.353. The summed E-state index contributed by atoms with van der Waals surface area (Å²) in [5.41, 5.74) is 2.51. The van der Waals surface area contributed by atoms with E-state index in [0.29, 0.717) is 30.5 Å². The van der Waals surface area contributed by atoms with Crippen molar-refractivity contribution >= 4 is 11.9 Å². The highest BCUT2D eigenvalue weighted by Crippen LogP contribution is 2.08. The van der Waals surface area contributed by atoms with E-state index in [2.05, 4.69) is 25.9 Å². The lowest BCUT2D eigenvalue weighted by molar-refractivity contribution is 0.0963. The molecule has 24 heavy (non-hydrogen) atoms. The van der Waals surface area contributed by atoms with Gasteiger partial charge in [0.15, 0.2) is 5.96 Å². The summed E-state index contributed by atoms with van der Waals surface area (Å²) in [6.07, 6.45) is 0. The van der Waals surface area contributed by atoms with Crippen molar-refractivity contribution in [2.45, 2.75) is 26.9 Å². The third kappa shape index (κ3) is 4.58. The molecule has 1 aromatic carbocycles. The Labute approximate surface area is 141 Å². The van der Waals surface area contributed by atoms with Crippen molar-refractivity contribution in [3.8, 4) is 0 Å². The minimum absolute atomic E-state index is 0.103. The zero-order valence-electron chi connectivity index (χ0n) is 14.4. The molecule has 0 aliphatic heterocycles. The van der Waals surface area contributed by atoms with E-state index in [0.717, 1.165) is 17.0 Å². The number of nitrogens with zero attached hydrogens (tertiary/aromatic N) is 2. The van der Waals surface area contributed by atoms with Crippen LogP contribution in [0.3, 0.4) is 0 Å². The van der Waals surface area contributed by atoms with Crippen molar-refractivity contribution in [1.29, 1.82) is 0 Å².